The van der Waals surface area contributed by atoms with Gasteiger partial charge in [0.15, 0.2) is 0 Å². The van der Waals surface area contributed by atoms with Gasteiger partial charge in [0.1, 0.15) is 0 Å². The van der Waals surface area contributed by atoms with Crippen molar-refractivity contribution in [3.05, 3.63) is 0 Å². The average Bonchev–Trinajstić information content (AvgIpc) is 2.33. The molecule has 0 saturated carbocycles. The fraction of sp³-hybridized carbons (Fsp3) is 0.529. The van der Waals surface area contributed by atoms with Crippen LogP contribution in [0.5, 0.6) is 0 Å². The van der Waals surface area contributed by atoms with E-state index in [-0.39, 0.29) is 29.7 Å². The number of esters is 1. The van der Waals surface area contributed by atoms with Crippen LogP contribution in [-0.2, 0) is 14.3 Å². The normalized spacial score (nSPS) is 4.05. The van der Waals surface area contributed by atoms with Crippen molar-refractivity contribution in [2.24, 2.45) is 0 Å². The molecule has 0 aromatic rings. The third kappa shape index (κ3) is 155. The van der Waals surface area contributed by atoms with Crippen LogP contribution in [0, 0.1) is 36.0 Å². The number of methoxy groups -OCH3 is 1. The van der Waals surface area contributed by atoms with Gasteiger partial charge in [0.2, 0.25) is 0 Å². The highest BCUT2D eigenvalue weighted by Gasteiger charge is 1.84. The molecule has 0 aromatic carbocycles. The van der Waals surface area contributed by atoms with E-state index < -0.39 is 11.9 Å². The molecule has 0 saturated heterocycles. The molecule has 5 heteroatoms. The minimum atomic E-state index is -1.07. The number of rotatable bonds is 0. The van der Waals surface area contributed by atoms with Crippen molar-refractivity contribution in [3.63, 3.8) is 0 Å². The lowest BCUT2D eigenvalue weighted by Crippen LogP contribution is -1.93. The molecule has 0 amide bonds. The lowest BCUT2D eigenvalue weighted by atomic mass is 10.6. The fourth-order valence-electron chi connectivity index (χ4n) is 0.260. The first-order chi connectivity index (χ1) is 8.49. The summed E-state index contributed by atoms with van der Waals surface area (Å²) >= 11 is 0. The number of hydrogen-bond donors (Lipinski definition) is 2. The number of aliphatic carboxylic acids is 1. The molecule has 0 fully saturated rings. The number of aliphatic hydroxyl groups excluding tert-OH is 1. The summed E-state index contributed by atoms with van der Waals surface area (Å²) in [6, 6.07) is 0. The van der Waals surface area contributed by atoms with E-state index in [0.29, 0.717) is 0 Å². The first-order valence-electron chi connectivity index (χ1n) is 4.48. The van der Waals surface area contributed by atoms with Crippen molar-refractivity contribution < 1.29 is 24.5 Å². The largest absolute Gasteiger partial charge is 0.472 e. The Bertz CT molecular complexity index is 356. The highest BCUT2D eigenvalue weighted by molar-refractivity contribution is 5.88. The SMILES string of the molecule is C.C.C.C.C#CC.CC#CC(=O)O.CC#CC(=O)OC.CO. The van der Waals surface area contributed by atoms with E-state index in [1.807, 2.05) is 5.92 Å². The molecule has 0 rings (SSSR count). The number of ether oxygens (including phenoxy) is 1. The Balaban J connectivity index is -0.0000000202. The molecule has 0 spiro atoms. The minimum absolute atomic E-state index is 0. The van der Waals surface area contributed by atoms with Crippen molar-refractivity contribution in [2.45, 2.75) is 50.5 Å². The van der Waals surface area contributed by atoms with Gasteiger partial charge in [-0.2, -0.15) is 0 Å². The summed E-state index contributed by atoms with van der Waals surface area (Å²) in [6.07, 6.45) is 4.60. The second kappa shape index (κ2) is 62.6. The minimum Gasteiger partial charge on any atom is -0.472 e. The van der Waals surface area contributed by atoms with Gasteiger partial charge in [-0.25, -0.2) is 9.59 Å². The van der Waals surface area contributed by atoms with Crippen molar-refractivity contribution in [1.82, 2.24) is 0 Å². The van der Waals surface area contributed by atoms with Crippen molar-refractivity contribution in [3.8, 4) is 36.0 Å². The second-order valence-corrected chi connectivity index (χ2v) is 1.84. The molecule has 22 heavy (non-hydrogen) atoms. The van der Waals surface area contributed by atoms with E-state index in [1.54, 1.807) is 13.8 Å². The molecule has 132 valence electrons. The van der Waals surface area contributed by atoms with E-state index in [9.17, 15) is 9.59 Å². The Hall–Kier alpha value is -2.42. The third-order valence-electron chi connectivity index (χ3n) is 0.644. The highest BCUT2D eigenvalue weighted by atomic mass is 16.5. The Morgan fingerprint density at radius 3 is 1.23 bits per heavy atom. The van der Waals surface area contributed by atoms with Gasteiger partial charge in [0.25, 0.3) is 0 Å². The Morgan fingerprint density at radius 2 is 1.18 bits per heavy atom. The zero-order valence-electron chi connectivity index (χ0n) is 11.2. The Labute approximate surface area is 138 Å². The molecule has 5 nitrogen and oxygen atoms in total. The van der Waals surface area contributed by atoms with Crippen LogP contribution in [0.15, 0.2) is 0 Å². The van der Waals surface area contributed by atoms with Crippen LogP contribution >= 0.6 is 0 Å². The molecule has 0 unspecified atom stereocenters. The maximum Gasteiger partial charge on any atom is 0.384 e. The van der Waals surface area contributed by atoms with Crippen LogP contribution in [0.3, 0.4) is 0 Å². The average molecular weight is 318 g/mol. The number of hydrogen-bond acceptors (Lipinski definition) is 4. The summed E-state index contributed by atoms with van der Waals surface area (Å²) in [4.78, 5) is 19.4. The van der Waals surface area contributed by atoms with Crippen LogP contribution in [0.1, 0.15) is 50.5 Å². The molecule has 0 aromatic heterocycles. The summed E-state index contributed by atoms with van der Waals surface area (Å²) < 4.78 is 4.18. The molecule has 0 heterocycles. The van der Waals surface area contributed by atoms with Crippen LogP contribution in [0.25, 0.3) is 0 Å². The number of carboxylic acids is 1. The zero-order valence-corrected chi connectivity index (χ0v) is 11.2. The predicted octanol–water partition coefficient (Wildman–Crippen LogP) is 3.07. The first-order valence-corrected chi connectivity index (χ1v) is 4.48. The predicted molar refractivity (Wildman–Crippen MR) is 96.1 cm³/mol. The lowest BCUT2D eigenvalue weighted by molar-refractivity contribution is -0.134. The van der Waals surface area contributed by atoms with Gasteiger partial charge in [-0.1, -0.05) is 41.5 Å². The molecule has 0 aliphatic rings. The number of carboxylic acid groups (broad SMARTS) is 1. The molecular weight excluding hydrogens is 284 g/mol. The highest BCUT2D eigenvalue weighted by Crippen LogP contribution is 1.64. The molecular formula is C17H34O5. The van der Waals surface area contributed by atoms with Crippen LogP contribution in [0.2, 0.25) is 0 Å². The van der Waals surface area contributed by atoms with Gasteiger partial charge in [-0.15, -0.1) is 12.3 Å². The smallest absolute Gasteiger partial charge is 0.384 e. The Kier molecular flexibility index (Phi) is 143. The summed E-state index contributed by atoms with van der Waals surface area (Å²) in [5.41, 5.74) is 0. The Morgan fingerprint density at radius 1 is 0.909 bits per heavy atom. The second-order valence-electron chi connectivity index (χ2n) is 1.84. The van der Waals surface area contributed by atoms with Gasteiger partial charge < -0.3 is 14.9 Å². The number of terminal acetylenes is 1. The van der Waals surface area contributed by atoms with E-state index in [4.69, 9.17) is 10.2 Å². The van der Waals surface area contributed by atoms with Crippen molar-refractivity contribution >= 4 is 11.9 Å². The first kappa shape index (κ1) is 50.4. The number of carbonyl (C=O) groups excluding carboxylic acids is 1. The van der Waals surface area contributed by atoms with Crippen molar-refractivity contribution in [1.29, 1.82) is 0 Å². The standard InChI is InChI=1S/C5H6O2.C4H4O2.C3H4.CH4O.4CH4/c1-3-4-5(6)7-2;1-2-3-4(5)6;1-3-2;1-2;;;;/h1-2H3;1H3,(H,5,6);1H,2H3;2H,1H3;4*1H4. The van der Waals surface area contributed by atoms with Crippen LogP contribution in [-0.4, -0.2) is 36.4 Å². The topological polar surface area (TPSA) is 83.8 Å². The molecule has 2 N–H and O–H groups in total. The summed E-state index contributed by atoms with van der Waals surface area (Å²) in [5, 5.41) is 14.7. The summed E-state index contributed by atoms with van der Waals surface area (Å²) in [7, 11) is 2.30. The maximum atomic E-state index is 10.0. The van der Waals surface area contributed by atoms with Gasteiger partial charge in [-0.05, 0) is 20.8 Å². The molecule has 0 atom stereocenters. The molecule has 0 aliphatic heterocycles. The van der Waals surface area contributed by atoms with Crippen LogP contribution < -0.4 is 0 Å². The quantitative estimate of drug-likeness (QED) is 0.407. The van der Waals surface area contributed by atoms with E-state index in [1.165, 1.54) is 14.0 Å². The number of carbonyl (C=O) groups is 2. The van der Waals surface area contributed by atoms with Gasteiger partial charge in [0, 0.05) is 19.0 Å². The molecule has 0 radical (unpaired) electrons. The van der Waals surface area contributed by atoms with Crippen LogP contribution in [0.4, 0.5) is 0 Å². The van der Waals surface area contributed by atoms with E-state index >= 15 is 0 Å². The van der Waals surface area contributed by atoms with E-state index in [0.717, 1.165) is 7.11 Å². The summed E-state index contributed by atoms with van der Waals surface area (Å²) in [5.74, 6) is 9.36. The fourth-order valence-corrected chi connectivity index (χ4v) is 0.260. The molecule has 0 bridgehead atoms. The zero-order chi connectivity index (χ0) is 15.4. The maximum absolute atomic E-state index is 10.0. The van der Waals surface area contributed by atoms with Gasteiger partial charge in [0.05, 0.1) is 7.11 Å². The third-order valence-corrected chi connectivity index (χ3v) is 0.644. The molecule has 0 aliphatic carbocycles. The van der Waals surface area contributed by atoms with Gasteiger partial charge in [-0.3, -0.25) is 0 Å². The lowest BCUT2D eigenvalue weighted by Gasteiger charge is -1.81. The van der Waals surface area contributed by atoms with E-state index in [2.05, 4.69) is 34.8 Å². The van der Waals surface area contributed by atoms with Crippen molar-refractivity contribution in [2.75, 3.05) is 14.2 Å². The number of aliphatic hydroxyl groups is 1. The monoisotopic (exact) mass is 318 g/mol. The van der Waals surface area contributed by atoms with Gasteiger partial charge >= 0.3 is 11.9 Å². The summed E-state index contributed by atoms with van der Waals surface area (Å²) in [6.45, 7) is 4.71.